The molecular weight excluding hydrogens is 314 g/mol. The maximum absolute atomic E-state index is 12.3. The van der Waals surface area contributed by atoms with Gasteiger partial charge in [-0.05, 0) is 19.1 Å². The zero-order valence-corrected chi connectivity index (χ0v) is 14.2. The minimum absolute atomic E-state index is 0.00839. The number of halogens is 1. The number of hydrogen-bond acceptors (Lipinski definition) is 2. The Kier molecular flexibility index (Phi) is 4.99. The summed E-state index contributed by atoms with van der Waals surface area (Å²) in [6, 6.07) is 7.86. The Balaban J connectivity index is 1.53. The fraction of sp³-hybridized carbons (Fsp3) is 0.529. The van der Waals surface area contributed by atoms with Crippen molar-refractivity contribution >= 4 is 23.4 Å². The molecule has 0 spiro atoms. The molecule has 124 valence electrons. The second kappa shape index (κ2) is 6.99. The molecule has 0 saturated carbocycles. The first-order valence-electron chi connectivity index (χ1n) is 8.35. The van der Waals surface area contributed by atoms with Crippen LogP contribution in [0, 0.1) is 0 Å². The van der Waals surface area contributed by atoms with Crippen LogP contribution in [0.25, 0.3) is 0 Å². The van der Waals surface area contributed by atoms with Crippen molar-refractivity contribution in [2.45, 2.75) is 25.9 Å². The van der Waals surface area contributed by atoms with Crippen LogP contribution in [0.2, 0.25) is 5.02 Å². The highest BCUT2D eigenvalue weighted by molar-refractivity contribution is 6.30. The van der Waals surface area contributed by atoms with Crippen molar-refractivity contribution in [2.75, 3.05) is 32.7 Å². The summed E-state index contributed by atoms with van der Waals surface area (Å²) in [5.74, 6) is 0.0135. The maximum Gasteiger partial charge on any atom is 0.288 e. The number of amides is 2. The fourth-order valence-corrected chi connectivity index (χ4v) is 3.80. The number of hydrogen-bond donors (Lipinski definition) is 2. The molecule has 0 aliphatic carbocycles. The topological polar surface area (TPSA) is 46.3 Å². The highest BCUT2D eigenvalue weighted by Gasteiger charge is 2.45. The van der Waals surface area contributed by atoms with E-state index in [4.69, 9.17) is 11.6 Å². The molecule has 2 saturated heterocycles. The molecule has 0 aromatic heterocycles. The summed E-state index contributed by atoms with van der Waals surface area (Å²) in [7, 11) is 0. The predicted octanol–water partition coefficient (Wildman–Crippen LogP) is -1.23. The molecule has 0 bridgehead atoms. The minimum atomic E-state index is -0.153. The number of carbonyl (C=O) groups is 2. The van der Waals surface area contributed by atoms with Gasteiger partial charge in [0.2, 0.25) is 5.91 Å². The lowest BCUT2D eigenvalue weighted by atomic mass is 10.1. The highest BCUT2D eigenvalue weighted by atomic mass is 35.5. The van der Waals surface area contributed by atoms with E-state index in [1.54, 1.807) is 0 Å². The molecule has 2 N–H and O–H groups in total. The Morgan fingerprint density at radius 2 is 1.78 bits per heavy atom. The third kappa shape index (κ3) is 3.57. The standard InChI is InChI=1S/C17H22ClN3O2/c1-2-21-16(22)11-15(17(21)23)20-9-7-19(8-10-20)12-13-3-5-14(18)6-4-13/h3-6,15H,2,7-12H2,1H3/p+2. The molecule has 2 aliphatic rings. The number of carbonyl (C=O) groups excluding carboxylic acids is 2. The number of rotatable bonds is 4. The lowest BCUT2D eigenvalue weighted by Crippen LogP contribution is -3.29. The predicted molar refractivity (Wildman–Crippen MR) is 87.3 cm³/mol. The van der Waals surface area contributed by atoms with Gasteiger partial charge in [0, 0.05) is 17.1 Å². The molecule has 2 fully saturated rings. The molecular formula is C17H24ClN3O2+2. The molecule has 1 unspecified atom stereocenters. The van der Waals surface area contributed by atoms with Crippen molar-refractivity contribution in [3.63, 3.8) is 0 Å². The number of likely N-dealkylation sites (tertiary alicyclic amines) is 1. The summed E-state index contributed by atoms with van der Waals surface area (Å²) in [6.45, 7) is 7.30. The molecule has 5 nitrogen and oxygen atoms in total. The van der Waals surface area contributed by atoms with Gasteiger partial charge in [-0.2, -0.15) is 0 Å². The summed E-state index contributed by atoms with van der Waals surface area (Å²) in [6.07, 6.45) is 0.383. The number of nitrogens with one attached hydrogen (secondary N) is 2. The van der Waals surface area contributed by atoms with Crippen molar-refractivity contribution in [1.82, 2.24) is 4.90 Å². The second-order valence-electron chi connectivity index (χ2n) is 6.44. The summed E-state index contributed by atoms with van der Waals surface area (Å²) in [5.41, 5.74) is 1.29. The number of benzene rings is 1. The second-order valence-corrected chi connectivity index (χ2v) is 6.88. The number of piperazine rings is 1. The van der Waals surface area contributed by atoms with Crippen molar-refractivity contribution < 1.29 is 19.4 Å². The number of imide groups is 1. The van der Waals surface area contributed by atoms with Crippen LogP contribution in [0.15, 0.2) is 24.3 Å². The molecule has 0 radical (unpaired) electrons. The van der Waals surface area contributed by atoms with Crippen LogP contribution in [0.4, 0.5) is 0 Å². The van der Waals surface area contributed by atoms with E-state index in [1.165, 1.54) is 20.3 Å². The van der Waals surface area contributed by atoms with Crippen LogP contribution in [-0.4, -0.2) is 55.5 Å². The number of likely N-dealkylation sites (N-methyl/N-ethyl adjacent to an activating group) is 1. The van der Waals surface area contributed by atoms with E-state index in [1.807, 2.05) is 19.1 Å². The van der Waals surface area contributed by atoms with E-state index in [9.17, 15) is 9.59 Å². The van der Waals surface area contributed by atoms with Gasteiger partial charge in [0.1, 0.15) is 32.7 Å². The monoisotopic (exact) mass is 337 g/mol. The van der Waals surface area contributed by atoms with Crippen LogP contribution >= 0.6 is 11.6 Å². The van der Waals surface area contributed by atoms with Gasteiger partial charge in [0.05, 0.1) is 6.42 Å². The molecule has 1 atom stereocenters. The lowest BCUT2D eigenvalue weighted by molar-refractivity contribution is -1.02. The van der Waals surface area contributed by atoms with Crippen LogP contribution in [0.3, 0.4) is 0 Å². The lowest BCUT2D eigenvalue weighted by Gasteiger charge is -2.32. The summed E-state index contributed by atoms with van der Waals surface area (Å²) >= 11 is 5.92. The minimum Gasteiger partial charge on any atom is -0.322 e. The van der Waals surface area contributed by atoms with Crippen LogP contribution < -0.4 is 9.80 Å². The number of quaternary nitrogens is 2. The maximum atomic E-state index is 12.3. The van der Waals surface area contributed by atoms with Crippen molar-refractivity contribution in [2.24, 2.45) is 0 Å². The molecule has 2 aliphatic heterocycles. The Bertz CT molecular complexity index is 582. The Morgan fingerprint density at radius 1 is 1.13 bits per heavy atom. The van der Waals surface area contributed by atoms with Gasteiger partial charge in [-0.15, -0.1) is 0 Å². The molecule has 3 rings (SSSR count). The quantitative estimate of drug-likeness (QED) is 0.676. The zero-order valence-electron chi connectivity index (χ0n) is 13.5. The van der Waals surface area contributed by atoms with Crippen LogP contribution in [-0.2, 0) is 16.1 Å². The average Bonchev–Trinajstić information content (AvgIpc) is 2.84. The Labute approximate surface area is 141 Å². The van der Waals surface area contributed by atoms with Gasteiger partial charge in [0.25, 0.3) is 5.91 Å². The van der Waals surface area contributed by atoms with Crippen LogP contribution in [0.5, 0.6) is 0 Å². The molecule has 1 aromatic carbocycles. The molecule has 6 heteroatoms. The van der Waals surface area contributed by atoms with E-state index >= 15 is 0 Å². The first kappa shape index (κ1) is 16.4. The Hall–Kier alpha value is -1.43. The summed E-state index contributed by atoms with van der Waals surface area (Å²) < 4.78 is 0. The van der Waals surface area contributed by atoms with Gasteiger partial charge in [-0.3, -0.25) is 14.5 Å². The third-order valence-electron chi connectivity index (χ3n) is 5.02. The highest BCUT2D eigenvalue weighted by Crippen LogP contribution is 2.10. The molecule has 23 heavy (non-hydrogen) atoms. The number of nitrogens with zero attached hydrogens (tertiary/aromatic N) is 1. The Morgan fingerprint density at radius 3 is 2.35 bits per heavy atom. The van der Waals surface area contributed by atoms with Gasteiger partial charge in [-0.1, -0.05) is 23.7 Å². The first-order valence-corrected chi connectivity index (χ1v) is 8.73. The van der Waals surface area contributed by atoms with E-state index < -0.39 is 0 Å². The van der Waals surface area contributed by atoms with E-state index in [2.05, 4.69) is 12.1 Å². The van der Waals surface area contributed by atoms with E-state index in [-0.39, 0.29) is 17.9 Å². The summed E-state index contributed by atoms with van der Waals surface area (Å²) in [5, 5.41) is 0.767. The summed E-state index contributed by atoms with van der Waals surface area (Å²) in [4.78, 5) is 28.4. The van der Waals surface area contributed by atoms with Gasteiger partial charge in [-0.25, -0.2) is 0 Å². The van der Waals surface area contributed by atoms with Gasteiger partial charge >= 0.3 is 0 Å². The average molecular weight is 338 g/mol. The smallest absolute Gasteiger partial charge is 0.288 e. The van der Waals surface area contributed by atoms with Crippen LogP contribution in [0.1, 0.15) is 18.9 Å². The zero-order chi connectivity index (χ0) is 16.4. The SMILES string of the molecule is CCN1C(=O)CC([NH+]2CC[NH+](Cc3ccc(Cl)cc3)CC2)C1=O. The van der Waals surface area contributed by atoms with Crippen molar-refractivity contribution in [1.29, 1.82) is 0 Å². The molecule has 2 heterocycles. The van der Waals surface area contributed by atoms with Gasteiger partial charge in [0.15, 0.2) is 6.04 Å². The molecule has 1 aromatic rings. The fourth-order valence-electron chi connectivity index (χ4n) is 3.68. The first-order chi connectivity index (χ1) is 11.1. The third-order valence-corrected chi connectivity index (χ3v) is 5.27. The van der Waals surface area contributed by atoms with Crippen molar-refractivity contribution in [3.8, 4) is 0 Å². The largest absolute Gasteiger partial charge is 0.322 e. The normalized spacial score (nSPS) is 28.4. The van der Waals surface area contributed by atoms with E-state index in [0.717, 1.165) is 37.7 Å². The van der Waals surface area contributed by atoms with Gasteiger partial charge < -0.3 is 9.80 Å². The molecule has 2 amide bonds. The van der Waals surface area contributed by atoms with Crippen molar-refractivity contribution in [3.05, 3.63) is 34.9 Å². The van der Waals surface area contributed by atoms with E-state index in [0.29, 0.717) is 13.0 Å².